The number of hydrogen-bond acceptors (Lipinski definition) is 3. The summed E-state index contributed by atoms with van der Waals surface area (Å²) in [6.07, 6.45) is 0.735. The lowest BCUT2D eigenvalue weighted by atomic mass is 10.2. The van der Waals surface area contributed by atoms with Crippen LogP contribution in [0.15, 0.2) is 51.8 Å². The van der Waals surface area contributed by atoms with Crippen molar-refractivity contribution in [2.75, 3.05) is 11.3 Å². The summed E-state index contributed by atoms with van der Waals surface area (Å²) in [5.74, 6) is 0. The smallest absolute Gasteiger partial charge is 0.261 e. The molecule has 0 aliphatic heterocycles. The first kappa shape index (κ1) is 16.0. The van der Waals surface area contributed by atoms with Crippen LogP contribution in [-0.2, 0) is 16.4 Å². The Labute approximate surface area is 133 Å². The summed E-state index contributed by atoms with van der Waals surface area (Å²) in [5, 5.41) is 0. The van der Waals surface area contributed by atoms with Gasteiger partial charge in [-0.1, -0.05) is 28.1 Å². The summed E-state index contributed by atoms with van der Waals surface area (Å²) in [7, 11) is -3.58. The van der Waals surface area contributed by atoms with E-state index in [0.717, 1.165) is 22.0 Å². The molecule has 0 heterocycles. The molecule has 0 saturated heterocycles. The third kappa shape index (κ3) is 4.30. The number of nitrogens with one attached hydrogen (secondary N) is 1. The second-order valence-electron chi connectivity index (χ2n) is 4.81. The van der Waals surface area contributed by atoms with Crippen LogP contribution in [0.25, 0.3) is 0 Å². The molecule has 112 valence electrons. The zero-order valence-corrected chi connectivity index (χ0v) is 14.0. The predicted molar refractivity (Wildman–Crippen MR) is 88.9 cm³/mol. The molecule has 0 spiro atoms. The fraction of sp³-hybridized carbons (Fsp3) is 0.200. The zero-order chi connectivity index (χ0) is 15.5. The minimum absolute atomic E-state index is 0.237. The molecule has 21 heavy (non-hydrogen) atoms. The molecule has 0 aromatic heterocycles. The second-order valence-corrected chi connectivity index (χ2v) is 7.40. The number of hydrogen-bond donors (Lipinski definition) is 2. The molecule has 0 aliphatic rings. The molecule has 4 nitrogen and oxygen atoms in total. The van der Waals surface area contributed by atoms with Gasteiger partial charge in [0.25, 0.3) is 10.0 Å². The minimum Gasteiger partial charge on any atom is -0.330 e. The highest BCUT2D eigenvalue weighted by molar-refractivity contribution is 9.10. The van der Waals surface area contributed by atoms with E-state index in [4.69, 9.17) is 5.73 Å². The van der Waals surface area contributed by atoms with Crippen molar-refractivity contribution in [3.63, 3.8) is 0 Å². The van der Waals surface area contributed by atoms with E-state index >= 15 is 0 Å². The predicted octanol–water partition coefficient (Wildman–Crippen LogP) is 3.06. The van der Waals surface area contributed by atoms with Gasteiger partial charge in [-0.2, -0.15) is 0 Å². The third-order valence-electron chi connectivity index (χ3n) is 2.96. The van der Waals surface area contributed by atoms with Crippen LogP contribution in [0.5, 0.6) is 0 Å². The second kappa shape index (κ2) is 6.60. The number of sulfonamides is 1. The molecule has 0 saturated carbocycles. The van der Waals surface area contributed by atoms with Gasteiger partial charge in [0.1, 0.15) is 0 Å². The first-order chi connectivity index (χ1) is 9.90. The van der Waals surface area contributed by atoms with Crippen LogP contribution in [0.1, 0.15) is 11.1 Å². The molecule has 0 atom stereocenters. The number of aryl methyl sites for hydroxylation is 1. The lowest BCUT2D eigenvalue weighted by Crippen LogP contribution is -2.13. The Morgan fingerprint density at radius 2 is 1.81 bits per heavy atom. The molecule has 6 heteroatoms. The van der Waals surface area contributed by atoms with Gasteiger partial charge in [-0.15, -0.1) is 0 Å². The fourth-order valence-electron chi connectivity index (χ4n) is 2.01. The Morgan fingerprint density at radius 3 is 2.38 bits per heavy atom. The normalized spacial score (nSPS) is 11.4. The number of rotatable bonds is 5. The highest BCUT2D eigenvalue weighted by Gasteiger charge is 2.14. The Hall–Kier alpha value is -1.37. The molecule has 0 radical (unpaired) electrons. The van der Waals surface area contributed by atoms with Gasteiger partial charge < -0.3 is 5.73 Å². The van der Waals surface area contributed by atoms with Crippen molar-refractivity contribution < 1.29 is 8.42 Å². The van der Waals surface area contributed by atoms with Crippen LogP contribution < -0.4 is 10.5 Å². The van der Waals surface area contributed by atoms with Gasteiger partial charge >= 0.3 is 0 Å². The van der Waals surface area contributed by atoms with E-state index in [-0.39, 0.29) is 4.90 Å². The molecule has 2 rings (SSSR count). The lowest BCUT2D eigenvalue weighted by Gasteiger charge is -2.10. The monoisotopic (exact) mass is 368 g/mol. The van der Waals surface area contributed by atoms with Crippen molar-refractivity contribution in [1.29, 1.82) is 0 Å². The molecule has 0 amide bonds. The summed E-state index contributed by atoms with van der Waals surface area (Å²) in [6.45, 7) is 2.45. The molecule has 2 aromatic carbocycles. The summed E-state index contributed by atoms with van der Waals surface area (Å²) < 4.78 is 28.1. The van der Waals surface area contributed by atoms with E-state index in [2.05, 4.69) is 20.7 Å². The first-order valence-corrected chi connectivity index (χ1v) is 8.77. The van der Waals surface area contributed by atoms with Crippen LogP contribution in [0.3, 0.4) is 0 Å². The van der Waals surface area contributed by atoms with Crippen molar-refractivity contribution in [2.45, 2.75) is 18.2 Å². The molecule has 0 unspecified atom stereocenters. The summed E-state index contributed by atoms with van der Waals surface area (Å²) in [6, 6.07) is 12.2. The third-order valence-corrected chi connectivity index (χ3v) is 4.82. The molecule has 0 bridgehead atoms. The SMILES string of the molecule is Cc1cc(Br)cc(NS(=O)(=O)c2ccc(CCN)cc2)c1. The van der Waals surface area contributed by atoms with Gasteiger partial charge in [0, 0.05) is 4.47 Å². The molecule has 0 fully saturated rings. The van der Waals surface area contributed by atoms with Crippen molar-refractivity contribution >= 4 is 31.6 Å². The molecule has 0 aliphatic carbocycles. The maximum absolute atomic E-state index is 12.3. The van der Waals surface area contributed by atoms with E-state index in [1.165, 1.54) is 0 Å². The van der Waals surface area contributed by atoms with Gasteiger partial charge in [-0.25, -0.2) is 8.42 Å². The topological polar surface area (TPSA) is 72.2 Å². The Kier molecular flexibility index (Phi) is 5.03. The molecular weight excluding hydrogens is 352 g/mol. The van der Waals surface area contributed by atoms with Crippen LogP contribution in [0.2, 0.25) is 0 Å². The van der Waals surface area contributed by atoms with Crippen LogP contribution >= 0.6 is 15.9 Å². The van der Waals surface area contributed by atoms with E-state index in [9.17, 15) is 8.42 Å². The average Bonchev–Trinajstić information content (AvgIpc) is 2.38. The van der Waals surface area contributed by atoms with Gasteiger partial charge in [0.2, 0.25) is 0 Å². The maximum atomic E-state index is 12.3. The van der Waals surface area contributed by atoms with E-state index in [0.29, 0.717) is 12.2 Å². The van der Waals surface area contributed by atoms with Gasteiger partial charge in [-0.05, 0) is 61.3 Å². The van der Waals surface area contributed by atoms with Gasteiger partial charge in [-0.3, -0.25) is 4.72 Å². The molecule has 2 aromatic rings. The van der Waals surface area contributed by atoms with Crippen LogP contribution in [0.4, 0.5) is 5.69 Å². The fourth-order valence-corrected chi connectivity index (χ4v) is 3.66. The number of halogens is 1. The first-order valence-electron chi connectivity index (χ1n) is 6.50. The number of nitrogens with two attached hydrogens (primary N) is 1. The summed E-state index contributed by atoms with van der Waals surface area (Å²) in [5.41, 5.74) is 8.01. The standard InChI is InChI=1S/C15H17BrN2O2S/c1-11-8-13(16)10-14(9-11)18-21(19,20)15-4-2-12(3-5-15)6-7-17/h2-5,8-10,18H,6-7,17H2,1H3. The lowest BCUT2D eigenvalue weighted by molar-refractivity contribution is 0.601. The van der Waals surface area contributed by atoms with Gasteiger partial charge in [0.15, 0.2) is 0 Å². The summed E-state index contributed by atoms with van der Waals surface area (Å²) in [4.78, 5) is 0.237. The van der Waals surface area contributed by atoms with Crippen molar-refractivity contribution in [1.82, 2.24) is 0 Å². The highest BCUT2D eigenvalue weighted by Crippen LogP contribution is 2.22. The Balaban J connectivity index is 2.25. The van der Waals surface area contributed by atoms with E-state index in [1.807, 2.05) is 13.0 Å². The Bertz CT molecular complexity index is 708. The van der Waals surface area contributed by atoms with Crippen molar-refractivity contribution in [2.24, 2.45) is 5.73 Å². The van der Waals surface area contributed by atoms with Gasteiger partial charge in [0.05, 0.1) is 10.6 Å². The average molecular weight is 369 g/mol. The quantitative estimate of drug-likeness (QED) is 0.851. The maximum Gasteiger partial charge on any atom is 0.261 e. The van der Waals surface area contributed by atoms with E-state index in [1.54, 1.807) is 36.4 Å². The van der Waals surface area contributed by atoms with Crippen LogP contribution in [0, 0.1) is 6.92 Å². The van der Waals surface area contributed by atoms with Crippen molar-refractivity contribution in [3.8, 4) is 0 Å². The summed E-state index contributed by atoms with van der Waals surface area (Å²) >= 11 is 3.36. The molecule has 3 N–H and O–H groups in total. The van der Waals surface area contributed by atoms with Crippen molar-refractivity contribution in [3.05, 3.63) is 58.1 Å². The number of anilines is 1. The molecular formula is C15H17BrN2O2S. The largest absolute Gasteiger partial charge is 0.330 e. The van der Waals surface area contributed by atoms with Crippen LogP contribution in [-0.4, -0.2) is 15.0 Å². The van der Waals surface area contributed by atoms with E-state index < -0.39 is 10.0 Å². The number of benzene rings is 2. The minimum atomic E-state index is -3.58. The highest BCUT2D eigenvalue weighted by atomic mass is 79.9. The zero-order valence-electron chi connectivity index (χ0n) is 11.6. The Morgan fingerprint density at radius 1 is 1.14 bits per heavy atom.